The van der Waals surface area contributed by atoms with Crippen molar-refractivity contribution in [1.29, 1.82) is 0 Å². The third-order valence-electron chi connectivity index (χ3n) is 8.68. The van der Waals surface area contributed by atoms with Crippen LogP contribution in [-0.4, -0.2) is 39.2 Å². The van der Waals surface area contributed by atoms with Gasteiger partial charge >= 0.3 is 0 Å². The van der Waals surface area contributed by atoms with Crippen LogP contribution in [0, 0.1) is 17.7 Å². The SMILES string of the molecule is CC[C@]1(c2ccccc2F)[C@@H]2CCN(c3cnc4c(-c5cccc6c5CCC(=O)N6)[nH]nc4n3)C[C@@H]21. The molecular formula is C28H27FN6O. The average Bonchev–Trinajstić information content (AvgIpc) is 3.36. The first kappa shape index (κ1) is 21.5. The first-order chi connectivity index (χ1) is 17.6. The molecule has 2 aliphatic heterocycles. The summed E-state index contributed by atoms with van der Waals surface area (Å²) >= 11 is 0. The number of hydrogen-bond donors (Lipinski definition) is 2. The van der Waals surface area contributed by atoms with Gasteiger partial charge in [-0.25, -0.2) is 14.4 Å². The van der Waals surface area contributed by atoms with E-state index in [-0.39, 0.29) is 17.1 Å². The highest BCUT2D eigenvalue weighted by Gasteiger charge is 2.65. The number of fused-ring (bicyclic) bond motifs is 3. The number of aromatic nitrogens is 4. The zero-order chi connectivity index (χ0) is 24.4. The molecule has 2 aromatic heterocycles. The summed E-state index contributed by atoms with van der Waals surface area (Å²) in [5, 5.41) is 10.6. The molecule has 8 heteroatoms. The number of anilines is 2. The van der Waals surface area contributed by atoms with Gasteiger partial charge in [0.2, 0.25) is 11.6 Å². The lowest BCUT2D eigenvalue weighted by Gasteiger charge is -2.26. The number of amides is 1. The van der Waals surface area contributed by atoms with Gasteiger partial charge in [0.05, 0.1) is 11.9 Å². The van der Waals surface area contributed by atoms with Gasteiger partial charge in [0.15, 0.2) is 0 Å². The van der Waals surface area contributed by atoms with Crippen molar-refractivity contribution in [1.82, 2.24) is 20.2 Å². The molecule has 1 saturated heterocycles. The van der Waals surface area contributed by atoms with E-state index >= 15 is 0 Å². The van der Waals surface area contributed by atoms with E-state index in [0.717, 1.165) is 65.3 Å². The van der Waals surface area contributed by atoms with Gasteiger partial charge in [0.1, 0.15) is 17.2 Å². The normalized spacial score (nSPS) is 24.8. The van der Waals surface area contributed by atoms with E-state index < -0.39 is 0 Å². The Labute approximate surface area is 208 Å². The molecule has 4 heterocycles. The highest BCUT2D eigenvalue weighted by atomic mass is 19.1. The molecule has 2 aromatic carbocycles. The first-order valence-corrected chi connectivity index (χ1v) is 12.7. The molecule has 182 valence electrons. The molecule has 7 nitrogen and oxygen atoms in total. The molecule has 7 rings (SSSR count). The largest absolute Gasteiger partial charge is 0.355 e. The standard InChI is InChI=1S/C28H27FN6O/c1-2-28(19-7-3-4-8-21(19)29)18-12-13-35(15-20(18)28)23-14-30-26-25(33-34-27(26)32-23)17-6-5-9-22-16(17)10-11-24(36)31-22/h3-9,14,18,20H,2,10-13,15H2,1H3,(H,31,36)(H,32,33,34)/t18-,20+,28-/m1/s1. The number of halogens is 1. The summed E-state index contributed by atoms with van der Waals surface area (Å²) in [7, 11) is 0. The highest BCUT2D eigenvalue weighted by molar-refractivity contribution is 5.97. The Balaban J connectivity index is 1.18. The van der Waals surface area contributed by atoms with Gasteiger partial charge in [-0.1, -0.05) is 37.3 Å². The van der Waals surface area contributed by atoms with E-state index in [9.17, 15) is 9.18 Å². The first-order valence-electron chi connectivity index (χ1n) is 12.7. The van der Waals surface area contributed by atoms with Crippen molar-refractivity contribution >= 4 is 28.6 Å². The second-order valence-electron chi connectivity index (χ2n) is 10.2. The number of benzene rings is 2. The Hall–Kier alpha value is -3.81. The fourth-order valence-electron chi connectivity index (χ4n) is 6.92. The van der Waals surface area contributed by atoms with Gasteiger partial charge in [-0.2, -0.15) is 5.10 Å². The molecular weight excluding hydrogens is 455 g/mol. The summed E-state index contributed by atoms with van der Waals surface area (Å²) in [6.07, 6.45) is 4.93. The minimum Gasteiger partial charge on any atom is -0.355 e. The van der Waals surface area contributed by atoms with Crippen LogP contribution in [0.5, 0.6) is 0 Å². The number of carbonyl (C=O) groups excluding carboxylic acids is 1. The van der Waals surface area contributed by atoms with Crippen LogP contribution in [0.25, 0.3) is 22.4 Å². The molecule has 3 aliphatic rings. The topological polar surface area (TPSA) is 86.8 Å². The molecule has 2 N–H and O–H groups in total. The molecule has 1 aliphatic carbocycles. The van der Waals surface area contributed by atoms with E-state index in [1.807, 2.05) is 36.5 Å². The van der Waals surface area contributed by atoms with Gasteiger partial charge < -0.3 is 10.2 Å². The van der Waals surface area contributed by atoms with Crippen molar-refractivity contribution < 1.29 is 9.18 Å². The van der Waals surface area contributed by atoms with Crippen molar-refractivity contribution in [3.05, 3.63) is 65.6 Å². The van der Waals surface area contributed by atoms with E-state index in [1.54, 1.807) is 12.1 Å². The predicted octanol–water partition coefficient (Wildman–Crippen LogP) is 4.85. The maximum Gasteiger partial charge on any atom is 0.224 e. The lowest BCUT2D eigenvalue weighted by Crippen LogP contribution is -2.32. The summed E-state index contributed by atoms with van der Waals surface area (Å²) in [6.45, 7) is 3.90. The highest BCUT2D eigenvalue weighted by Crippen LogP contribution is 2.65. The summed E-state index contributed by atoms with van der Waals surface area (Å²) in [5.74, 6) is 1.68. The number of nitrogens with zero attached hydrogens (tertiary/aromatic N) is 4. The minimum absolute atomic E-state index is 0.0417. The fraction of sp³-hybridized carbons (Fsp3) is 0.357. The molecule has 4 aromatic rings. The van der Waals surface area contributed by atoms with E-state index in [1.165, 1.54) is 0 Å². The Bertz CT molecular complexity index is 1520. The van der Waals surface area contributed by atoms with Gasteiger partial charge in [0, 0.05) is 36.2 Å². The number of piperidine rings is 1. The number of aromatic amines is 1. The lowest BCUT2D eigenvalue weighted by atomic mass is 9.88. The Kier molecular flexibility index (Phi) is 4.68. The fourth-order valence-corrected chi connectivity index (χ4v) is 6.92. The maximum atomic E-state index is 14.7. The quantitative estimate of drug-likeness (QED) is 0.434. The van der Waals surface area contributed by atoms with E-state index in [2.05, 4.69) is 27.3 Å². The van der Waals surface area contributed by atoms with Crippen molar-refractivity contribution in [2.75, 3.05) is 23.3 Å². The number of carbonyl (C=O) groups is 1. The van der Waals surface area contributed by atoms with Gasteiger partial charge in [-0.3, -0.25) is 9.89 Å². The van der Waals surface area contributed by atoms with Crippen LogP contribution >= 0.6 is 0 Å². The molecule has 1 saturated carbocycles. The van der Waals surface area contributed by atoms with Crippen LogP contribution in [0.4, 0.5) is 15.9 Å². The monoisotopic (exact) mass is 482 g/mol. The molecule has 0 radical (unpaired) electrons. The molecule has 2 fully saturated rings. The maximum absolute atomic E-state index is 14.7. The minimum atomic E-state index is -0.0896. The Morgan fingerprint density at radius 1 is 1.14 bits per heavy atom. The van der Waals surface area contributed by atoms with Gasteiger partial charge in [-0.15, -0.1) is 0 Å². The zero-order valence-electron chi connectivity index (χ0n) is 20.1. The third kappa shape index (κ3) is 3.03. The molecule has 1 amide bonds. The van der Waals surface area contributed by atoms with Crippen LogP contribution in [0.1, 0.15) is 37.3 Å². The number of nitrogens with one attached hydrogen (secondary N) is 2. The number of rotatable bonds is 4. The lowest BCUT2D eigenvalue weighted by molar-refractivity contribution is -0.116. The van der Waals surface area contributed by atoms with Crippen LogP contribution in [0.2, 0.25) is 0 Å². The molecule has 0 unspecified atom stereocenters. The zero-order valence-corrected chi connectivity index (χ0v) is 20.1. The van der Waals surface area contributed by atoms with Crippen LogP contribution in [0.15, 0.2) is 48.7 Å². The average molecular weight is 483 g/mol. The number of H-pyrrole nitrogens is 1. The third-order valence-corrected chi connectivity index (χ3v) is 8.68. The van der Waals surface area contributed by atoms with Crippen molar-refractivity contribution in [2.24, 2.45) is 11.8 Å². The second kappa shape index (κ2) is 7.85. The molecule has 3 atom stereocenters. The summed E-state index contributed by atoms with van der Waals surface area (Å²) in [5.41, 5.74) is 5.83. The van der Waals surface area contributed by atoms with Crippen molar-refractivity contribution in [2.45, 2.75) is 38.0 Å². The number of hydrogen-bond acceptors (Lipinski definition) is 5. The molecule has 36 heavy (non-hydrogen) atoms. The summed E-state index contributed by atoms with van der Waals surface area (Å²) in [4.78, 5) is 23.7. The van der Waals surface area contributed by atoms with Crippen molar-refractivity contribution in [3.63, 3.8) is 0 Å². The molecule has 0 spiro atoms. The van der Waals surface area contributed by atoms with Gasteiger partial charge in [0.25, 0.3) is 0 Å². The van der Waals surface area contributed by atoms with E-state index in [0.29, 0.717) is 30.3 Å². The van der Waals surface area contributed by atoms with Crippen LogP contribution < -0.4 is 10.2 Å². The van der Waals surface area contributed by atoms with Crippen LogP contribution in [0.3, 0.4) is 0 Å². The summed E-state index contributed by atoms with van der Waals surface area (Å²) in [6, 6.07) is 13.2. The predicted molar refractivity (Wildman–Crippen MR) is 136 cm³/mol. The van der Waals surface area contributed by atoms with Crippen molar-refractivity contribution in [3.8, 4) is 11.3 Å². The summed E-state index contributed by atoms with van der Waals surface area (Å²) < 4.78 is 14.7. The smallest absolute Gasteiger partial charge is 0.224 e. The second-order valence-corrected chi connectivity index (χ2v) is 10.2. The van der Waals surface area contributed by atoms with Gasteiger partial charge in [-0.05, 0) is 54.4 Å². The van der Waals surface area contributed by atoms with Crippen LogP contribution in [-0.2, 0) is 16.6 Å². The Morgan fingerprint density at radius 2 is 2.03 bits per heavy atom. The Morgan fingerprint density at radius 3 is 2.89 bits per heavy atom. The van der Waals surface area contributed by atoms with E-state index in [4.69, 9.17) is 9.97 Å². The molecule has 0 bridgehead atoms.